The second-order valence-corrected chi connectivity index (χ2v) is 11.2. The zero-order valence-corrected chi connectivity index (χ0v) is 22.6. The molecule has 1 amide bonds. The lowest BCUT2D eigenvalue weighted by molar-refractivity contribution is -0.123. The van der Waals surface area contributed by atoms with Crippen molar-refractivity contribution in [2.45, 2.75) is 57.0 Å². The summed E-state index contributed by atoms with van der Waals surface area (Å²) in [5.41, 5.74) is 7.85. The Balaban J connectivity index is 1.35. The monoisotopic (exact) mass is 552 g/mol. The van der Waals surface area contributed by atoms with Crippen LogP contribution < -0.4 is 16.4 Å². The molecule has 206 valence electrons. The van der Waals surface area contributed by atoms with Crippen molar-refractivity contribution in [3.8, 4) is 0 Å². The standard InChI is InChI=1S/C29H34ClFN6O2/c1-18-14-25(37(17-18)28(39)36-26-7-5-22(30)16-34-26)27(38)35-24-15-21(4-6-23(24)31)29(32,11-8-19-2-3-19)20-9-12-33-13-10-20/h4-7,9-10,12-13,15-16,18-19,25,28,39H,2-3,8,11,14,17,32H2,1H3,(H,34,36)(H,35,38)/t18-,25+,28?,29?/m0/s1. The number of carbonyl (C=O) groups is 1. The van der Waals surface area contributed by atoms with Crippen LogP contribution in [0.4, 0.5) is 15.9 Å². The van der Waals surface area contributed by atoms with Crippen LogP contribution in [0.3, 0.4) is 0 Å². The number of nitrogens with zero attached hydrogens (tertiary/aromatic N) is 3. The second kappa shape index (κ2) is 11.6. The molecule has 2 aromatic heterocycles. The zero-order chi connectivity index (χ0) is 27.6. The molecular weight excluding hydrogens is 519 g/mol. The number of aliphatic hydroxyl groups excluding tert-OH is 1. The fourth-order valence-corrected chi connectivity index (χ4v) is 5.45. The summed E-state index contributed by atoms with van der Waals surface area (Å²) in [5, 5.41) is 17.0. The molecule has 5 N–H and O–H groups in total. The van der Waals surface area contributed by atoms with Crippen molar-refractivity contribution < 1.29 is 14.3 Å². The van der Waals surface area contributed by atoms with Crippen molar-refractivity contribution in [3.05, 3.63) is 83.0 Å². The van der Waals surface area contributed by atoms with Crippen LogP contribution in [0.5, 0.6) is 0 Å². The van der Waals surface area contributed by atoms with Crippen molar-refractivity contribution in [2.75, 3.05) is 17.2 Å². The fraction of sp³-hybridized carbons (Fsp3) is 0.414. The number of halogens is 2. The van der Waals surface area contributed by atoms with E-state index in [9.17, 15) is 9.90 Å². The SMILES string of the molecule is C[C@H]1C[C@H](C(=O)Nc2cc(C(N)(CCC3CC3)c3ccncc3)ccc2F)N(C(O)Nc2ccc(Cl)cn2)C1. The van der Waals surface area contributed by atoms with Crippen LogP contribution in [0.25, 0.3) is 0 Å². The quantitative estimate of drug-likeness (QED) is 0.269. The number of aromatic nitrogens is 2. The van der Waals surface area contributed by atoms with E-state index >= 15 is 4.39 Å². The molecule has 0 bridgehead atoms. The molecule has 1 saturated heterocycles. The third-order valence-corrected chi connectivity index (χ3v) is 7.97. The van der Waals surface area contributed by atoms with Crippen LogP contribution in [0.15, 0.2) is 61.1 Å². The lowest BCUT2D eigenvalue weighted by atomic mass is 9.79. The number of likely N-dealkylation sites (tertiary alicyclic amines) is 1. The highest BCUT2D eigenvalue weighted by atomic mass is 35.5. The van der Waals surface area contributed by atoms with Gasteiger partial charge < -0.3 is 21.5 Å². The van der Waals surface area contributed by atoms with Gasteiger partial charge in [0, 0.05) is 25.1 Å². The number of anilines is 2. The fourth-order valence-electron chi connectivity index (χ4n) is 5.34. The third kappa shape index (κ3) is 6.38. The number of carbonyl (C=O) groups excluding carboxylic acids is 1. The minimum Gasteiger partial charge on any atom is -0.361 e. The number of benzene rings is 1. The number of hydrogen-bond donors (Lipinski definition) is 4. The van der Waals surface area contributed by atoms with Gasteiger partial charge in [0.2, 0.25) is 5.91 Å². The molecule has 10 heteroatoms. The molecule has 0 radical (unpaired) electrons. The highest BCUT2D eigenvalue weighted by Gasteiger charge is 2.39. The smallest absolute Gasteiger partial charge is 0.241 e. The Kier molecular flexibility index (Phi) is 8.13. The first-order valence-electron chi connectivity index (χ1n) is 13.3. The highest BCUT2D eigenvalue weighted by molar-refractivity contribution is 6.30. The normalized spacial score (nSPS) is 21.8. The molecular formula is C29H34ClFN6O2. The van der Waals surface area contributed by atoms with Crippen LogP contribution in [0.2, 0.25) is 5.02 Å². The Labute approximate surface area is 232 Å². The molecule has 3 heterocycles. The molecule has 1 aliphatic heterocycles. The second-order valence-electron chi connectivity index (χ2n) is 10.8. The van der Waals surface area contributed by atoms with Crippen LogP contribution in [-0.2, 0) is 10.3 Å². The molecule has 2 aliphatic rings. The Bertz CT molecular complexity index is 1290. The Hall–Kier alpha value is -3.11. The third-order valence-electron chi connectivity index (χ3n) is 7.75. The first kappa shape index (κ1) is 27.5. The summed E-state index contributed by atoms with van der Waals surface area (Å²) in [6, 6.07) is 11.1. The first-order chi connectivity index (χ1) is 18.7. The Morgan fingerprint density at radius 2 is 2.00 bits per heavy atom. The lowest BCUT2D eigenvalue weighted by Crippen LogP contribution is -2.49. The molecule has 4 atom stereocenters. The van der Waals surface area contributed by atoms with E-state index in [-0.39, 0.29) is 11.6 Å². The average molecular weight is 553 g/mol. The molecule has 1 saturated carbocycles. The number of nitrogens with one attached hydrogen (secondary N) is 2. The van der Waals surface area contributed by atoms with E-state index < -0.39 is 29.7 Å². The molecule has 8 nitrogen and oxygen atoms in total. The Morgan fingerprint density at radius 1 is 1.23 bits per heavy atom. The zero-order valence-electron chi connectivity index (χ0n) is 21.9. The van der Waals surface area contributed by atoms with Crippen molar-refractivity contribution in [1.29, 1.82) is 0 Å². The molecule has 5 rings (SSSR count). The maximum Gasteiger partial charge on any atom is 0.241 e. The van der Waals surface area contributed by atoms with Gasteiger partial charge in [0.25, 0.3) is 0 Å². The van der Waals surface area contributed by atoms with Gasteiger partial charge >= 0.3 is 0 Å². The Morgan fingerprint density at radius 3 is 2.69 bits per heavy atom. The maximum absolute atomic E-state index is 15.0. The number of aliphatic hydroxyl groups is 1. The first-order valence-corrected chi connectivity index (χ1v) is 13.7. The van der Waals surface area contributed by atoms with Crippen LogP contribution in [0.1, 0.15) is 50.2 Å². The predicted octanol–water partition coefficient (Wildman–Crippen LogP) is 4.70. The largest absolute Gasteiger partial charge is 0.361 e. The van der Waals surface area contributed by atoms with Crippen molar-refractivity contribution in [1.82, 2.24) is 14.9 Å². The number of rotatable bonds is 10. The summed E-state index contributed by atoms with van der Waals surface area (Å²) in [6.07, 6.45) is 8.32. The summed E-state index contributed by atoms with van der Waals surface area (Å²) in [5.74, 6) is 0.300. The van der Waals surface area contributed by atoms with Crippen LogP contribution >= 0.6 is 11.6 Å². The minimum atomic E-state index is -1.17. The van der Waals surface area contributed by atoms with Crippen molar-refractivity contribution >= 4 is 29.0 Å². The summed E-state index contributed by atoms with van der Waals surface area (Å²) in [6.45, 7) is 2.49. The maximum atomic E-state index is 15.0. The van der Waals surface area contributed by atoms with E-state index in [0.29, 0.717) is 36.1 Å². The van der Waals surface area contributed by atoms with Gasteiger partial charge in [-0.3, -0.25) is 9.78 Å². The summed E-state index contributed by atoms with van der Waals surface area (Å²) >= 11 is 5.90. The molecule has 3 aromatic rings. The lowest BCUT2D eigenvalue weighted by Gasteiger charge is -2.32. The van der Waals surface area contributed by atoms with Gasteiger partial charge in [-0.1, -0.05) is 37.4 Å². The topological polar surface area (TPSA) is 116 Å². The number of pyridine rings is 2. The van der Waals surface area contributed by atoms with Crippen molar-refractivity contribution in [2.24, 2.45) is 17.6 Å². The summed E-state index contributed by atoms with van der Waals surface area (Å²) in [4.78, 5) is 23.4. The van der Waals surface area contributed by atoms with E-state index in [0.717, 1.165) is 17.5 Å². The summed E-state index contributed by atoms with van der Waals surface area (Å²) in [7, 11) is 0. The van der Waals surface area contributed by atoms with Gasteiger partial charge in [-0.2, -0.15) is 0 Å². The van der Waals surface area contributed by atoms with E-state index in [1.165, 1.54) is 25.1 Å². The molecule has 0 spiro atoms. The van der Waals surface area contributed by atoms with Gasteiger partial charge in [-0.05, 0) is 78.6 Å². The van der Waals surface area contributed by atoms with Crippen LogP contribution in [-0.4, -0.2) is 44.8 Å². The number of amides is 1. The molecule has 1 aromatic carbocycles. The number of nitrogens with two attached hydrogens (primary N) is 1. The number of hydrogen-bond acceptors (Lipinski definition) is 7. The minimum absolute atomic E-state index is 0.0640. The van der Waals surface area contributed by atoms with E-state index in [4.69, 9.17) is 17.3 Å². The molecule has 2 fully saturated rings. The van der Waals surface area contributed by atoms with Gasteiger partial charge in [0.15, 0.2) is 6.35 Å². The van der Waals surface area contributed by atoms with Gasteiger partial charge in [-0.25, -0.2) is 14.3 Å². The average Bonchev–Trinajstić information content (AvgIpc) is 3.69. The van der Waals surface area contributed by atoms with Crippen LogP contribution in [0, 0.1) is 17.7 Å². The van der Waals surface area contributed by atoms with E-state index in [1.807, 2.05) is 19.1 Å². The van der Waals surface area contributed by atoms with E-state index in [1.54, 1.807) is 41.6 Å². The van der Waals surface area contributed by atoms with Gasteiger partial charge in [-0.15, -0.1) is 0 Å². The van der Waals surface area contributed by atoms with E-state index in [2.05, 4.69) is 20.6 Å². The van der Waals surface area contributed by atoms with Crippen molar-refractivity contribution in [3.63, 3.8) is 0 Å². The molecule has 2 unspecified atom stereocenters. The van der Waals surface area contributed by atoms with Gasteiger partial charge in [0.1, 0.15) is 11.6 Å². The highest BCUT2D eigenvalue weighted by Crippen LogP contribution is 2.40. The summed E-state index contributed by atoms with van der Waals surface area (Å²) < 4.78 is 15.0. The molecule has 1 aliphatic carbocycles. The molecule has 39 heavy (non-hydrogen) atoms. The van der Waals surface area contributed by atoms with Gasteiger partial charge in [0.05, 0.1) is 22.3 Å². The predicted molar refractivity (Wildman–Crippen MR) is 149 cm³/mol.